The molecule has 4 nitrogen and oxygen atoms in total. The lowest BCUT2D eigenvalue weighted by Crippen LogP contribution is -2.33. The molecule has 0 saturated carbocycles. The van der Waals surface area contributed by atoms with Gasteiger partial charge in [-0.25, -0.2) is 0 Å². The number of imide groups is 1. The highest BCUT2D eigenvalue weighted by Gasteiger charge is 2.50. The molecule has 4 heteroatoms. The molecule has 19 heavy (non-hydrogen) atoms. The lowest BCUT2D eigenvalue weighted by molar-refractivity contribution is -0.141. The Balaban J connectivity index is 1.85. The van der Waals surface area contributed by atoms with Crippen molar-refractivity contribution in [1.82, 2.24) is 4.90 Å². The van der Waals surface area contributed by atoms with Gasteiger partial charge in [0.05, 0.1) is 24.5 Å². The molecule has 1 aliphatic heterocycles. The maximum absolute atomic E-state index is 12.3. The van der Waals surface area contributed by atoms with Gasteiger partial charge in [0.1, 0.15) is 0 Å². The lowest BCUT2D eigenvalue weighted by Gasteiger charge is -2.21. The van der Waals surface area contributed by atoms with Crippen LogP contribution in [0, 0.1) is 11.8 Å². The molecular weight excluding hydrogens is 242 g/mol. The number of benzene rings is 1. The van der Waals surface area contributed by atoms with Crippen LogP contribution in [0.4, 0.5) is 0 Å². The number of hydrogen-bond acceptors (Lipinski definition) is 3. The van der Waals surface area contributed by atoms with Gasteiger partial charge in [-0.15, -0.1) is 0 Å². The van der Waals surface area contributed by atoms with Crippen LogP contribution in [0.5, 0.6) is 0 Å². The van der Waals surface area contributed by atoms with Crippen molar-refractivity contribution in [2.45, 2.75) is 19.1 Å². The normalized spacial score (nSPS) is 29.7. The summed E-state index contributed by atoms with van der Waals surface area (Å²) in [5, 5.41) is 9.86. The monoisotopic (exact) mass is 257 g/mol. The van der Waals surface area contributed by atoms with Crippen molar-refractivity contribution in [3.05, 3.63) is 48.0 Å². The highest BCUT2D eigenvalue weighted by Crippen LogP contribution is 2.35. The van der Waals surface area contributed by atoms with E-state index < -0.39 is 17.9 Å². The van der Waals surface area contributed by atoms with Gasteiger partial charge in [0, 0.05) is 0 Å². The van der Waals surface area contributed by atoms with Gasteiger partial charge in [-0.3, -0.25) is 14.5 Å². The maximum Gasteiger partial charge on any atom is 0.236 e. The molecule has 2 amide bonds. The predicted molar refractivity (Wildman–Crippen MR) is 68.7 cm³/mol. The first kappa shape index (κ1) is 12.1. The van der Waals surface area contributed by atoms with E-state index in [1.165, 1.54) is 4.90 Å². The zero-order valence-corrected chi connectivity index (χ0v) is 10.4. The molecule has 0 spiro atoms. The molecule has 0 aromatic heterocycles. The van der Waals surface area contributed by atoms with Crippen LogP contribution < -0.4 is 0 Å². The van der Waals surface area contributed by atoms with Crippen LogP contribution in [-0.2, 0) is 16.1 Å². The molecule has 2 aliphatic rings. The molecule has 3 atom stereocenters. The summed E-state index contributed by atoms with van der Waals surface area (Å²) >= 11 is 0. The van der Waals surface area contributed by atoms with Gasteiger partial charge in [-0.2, -0.15) is 0 Å². The fourth-order valence-corrected chi connectivity index (χ4v) is 2.85. The molecule has 1 aromatic rings. The second-order valence-electron chi connectivity index (χ2n) is 5.03. The molecule has 3 rings (SSSR count). The van der Waals surface area contributed by atoms with Gasteiger partial charge in [0.15, 0.2) is 0 Å². The molecule has 0 bridgehead atoms. The Morgan fingerprint density at radius 2 is 1.89 bits per heavy atom. The number of nitrogens with zero attached hydrogens (tertiary/aromatic N) is 1. The van der Waals surface area contributed by atoms with Gasteiger partial charge in [0.25, 0.3) is 0 Å². The maximum atomic E-state index is 12.3. The minimum atomic E-state index is -0.837. The quantitative estimate of drug-likeness (QED) is 0.638. The molecule has 98 valence electrons. The standard InChI is InChI=1S/C15H15NO3/c17-12-8-4-7-11-13(12)15(19)16(14(11)18)9-10-5-2-1-3-6-10/h1-6,8,11-13,17H,7,9H2/t11-,12?,13-/m1/s1. The zero-order chi connectivity index (χ0) is 13.4. The number of carbonyl (C=O) groups is 2. The van der Waals surface area contributed by atoms with Crippen LogP contribution in [0.3, 0.4) is 0 Å². The van der Waals surface area contributed by atoms with E-state index in [-0.39, 0.29) is 18.4 Å². The second kappa shape index (κ2) is 4.63. The number of amides is 2. The number of fused-ring (bicyclic) bond motifs is 1. The zero-order valence-electron chi connectivity index (χ0n) is 10.4. The van der Waals surface area contributed by atoms with Crippen LogP contribution >= 0.6 is 0 Å². The van der Waals surface area contributed by atoms with E-state index in [1.807, 2.05) is 30.3 Å². The first-order valence-electron chi connectivity index (χ1n) is 6.42. The van der Waals surface area contributed by atoms with Crippen molar-refractivity contribution in [1.29, 1.82) is 0 Å². The Kier molecular flexibility index (Phi) is 2.95. The fourth-order valence-electron chi connectivity index (χ4n) is 2.85. The number of hydrogen-bond donors (Lipinski definition) is 1. The third-order valence-corrected chi connectivity index (χ3v) is 3.84. The largest absolute Gasteiger partial charge is 0.388 e. The lowest BCUT2D eigenvalue weighted by atomic mass is 9.83. The average molecular weight is 257 g/mol. The third-order valence-electron chi connectivity index (χ3n) is 3.84. The van der Waals surface area contributed by atoms with E-state index in [0.29, 0.717) is 6.42 Å². The summed E-state index contributed by atoms with van der Waals surface area (Å²) in [5.41, 5.74) is 0.922. The van der Waals surface area contributed by atoms with E-state index in [0.717, 1.165) is 5.56 Å². The number of rotatable bonds is 2. The van der Waals surface area contributed by atoms with Crippen LogP contribution in [-0.4, -0.2) is 27.9 Å². The van der Waals surface area contributed by atoms with E-state index in [1.54, 1.807) is 12.2 Å². The fraction of sp³-hybridized carbons (Fsp3) is 0.333. The first-order valence-corrected chi connectivity index (χ1v) is 6.42. The van der Waals surface area contributed by atoms with E-state index >= 15 is 0 Å². The molecule has 1 fully saturated rings. The van der Waals surface area contributed by atoms with Crippen molar-refractivity contribution >= 4 is 11.8 Å². The summed E-state index contributed by atoms with van der Waals surface area (Å²) in [6.45, 7) is 0.290. The predicted octanol–water partition coefficient (Wildman–Crippen LogP) is 1.11. The smallest absolute Gasteiger partial charge is 0.236 e. The molecule has 1 aliphatic carbocycles. The molecule has 1 saturated heterocycles. The van der Waals surface area contributed by atoms with Gasteiger partial charge in [0.2, 0.25) is 11.8 Å². The van der Waals surface area contributed by atoms with Gasteiger partial charge in [-0.05, 0) is 12.0 Å². The SMILES string of the molecule is O=C1[C@@H]2CC=CC(O)[C@@H]2C(=O)N1Cc1ccccc1. The van der Waals surface area contributed by atoms with Gasteiger partial charge < -0.3 is 5.11 Å². The summed E-state index contributed by atoms with van der Waals surface area (Å²) in [7, 11) is 0. The summed E-state index contributed by atoms with van der Waals surface area (Å²) in [6, 6.07) is 9.42. The van der Waals surface area contributed by atoms with Crippen molar-refractivity contribution in [2.75, 3.05) is 0 Å². The number of carbonyl (C=O) groups excluding carboxylic acids is 2. The number of aliphatic hydroxyl groups excluding tert-OH is 1. The number of likely N-dealkylation sites (tertiary alicyclic amines) is 1. The van der Waals surface area contributed by atoms with Crippen molar-refractivity contribution in [2.24, 2.45) is 11.8 Å². The van der Waals surface area contributed by atoms with E-state index in [9.17, 15) is 14.7 Å². The van der Waals surface area contributed by atoms with Crippen molar-refractivity contribution in [3.63, 3.8) is 0 Å². The van der Waals surface area contributed by atoms with Crippen molar-refractivity contribution < 1.29 is 14.7 Å². The third kappa shape index (κ3) is 1.98. The summed E-state index contributed by atoms with van der Waals surface area (Å²) < 4.78 is 0. The molecular formula is C15H15NO3. The molecule has 0 radical (unpaired) electrons. The minimum Gasteiger partial charge on any atom is -0.388 e. The molecule has 1 aromatic carbocycles. The van der Waals surface area contributed by atoms with E-state index in [2.05, 4.69) is 0 Å². The molecule has 1 N–H and O–H groups in total. The molecule has 1 unspecified atom stereocenters. The Bertz CT molecular complexity index is 538. The first-order chi connectivity index (χ1) is 9.18. The Labute approximate surface area is 111 Å². The summed E-state index contributed by atoms with van der Waals surface area (Å²) in [6.07, 6.45) is 3.09. The van der Waals surface area contributed by atoms with Crippen molar-refractivity contribution in [3.8, 4) is 0 Å². The Morgan fingerprint density at radius 3 is 2.58 bits per heavy atom. The number of allylic oxidation sites excluding steroid dienone is 1. The summed E-state index contributed by atoms with van der Waals surface area (Å²) in [5.74, 6) is -1.41. The Morgan fingerprint density at radius 1 is 1.16 bits per heavy atom. The minimum absolute atomic E-state index is 0.165. The van der Waals surface area contributed by atoms with Crippen LogP contribution in [0.15, 0.2) is 42.5 Å². The van der Waals surface area contributed by atoms with Gasteiger partial charge >= 0.3 is 0 Å². The Hall–Kier alpha value is -1.94. The van der Waals surface area contributed by atoms with Crippen LogP contribution in [0.2, 0.25) is 0 Å². The highest BCUT2D eigenvalue weighted by molar-refractivity contribution is 6.05. The number of aliphatic hydroxyl groups is 1. The van der Waals surface area contributed by atoms with Crippen LogP contribution in [0.1, 0.15) is 12.0 Å². The topological polar surface area (TPSA) is 57.6 Å². The van der Waals surface area contributed by atoms with E-state index in [4.69, 9.17) is 0 Å². The summed E-state index contributed by atoms with van der Waals surface area (Å²) in [4.78, 5) is 25.8. The van der Waals surface area contributed by atoms with Crippen LogP contribution in [0.25, 0.3) is 0 Å². The van der Waals surface area contributed by atoms with Gasteiger partial charge in [-0.1, -0.05) is 42.5 Å². The second-order valence-corrected chi connectivity index (χ2v) is 5.03. The highest BCUT2D eigenvalue weighted by atomic mass is 16.3. The average Bonchev–Trinajstić information content (AvgIpc) is 2.66. The molecule has 1 heterocycles.